The van der Waals surface area contributed by atoms with Crippen molar-refractivity contribution < 1.29 is 9.53 Å². The fourth-order valence-corrected chi connectivity index (χ4v) is 3.47. The van der Waals surface area contributed by atoms with Gasteiger partial charge in [-0.25, -0.2) is 9.97 Å². The van der Waals surface area contributed by atoms with Crippen molar-refractivity contribution in [2.24, 2.45) is 11.8 Å². The van der Waals surface area contributed by atoms with E-state index >= 15 is 0 Å². The molecule has 1 heterocycles. The Balaban J connectivity index is 0.00000145. The number of carbonyl (C=O) groups is 1. The lowest BCUT2D eigenvalue weighted by Crippen LogP contribution is -2.20. The van der Waals surface area contributed by atoms with Gasteiger partial charge in [-0.1, -0.05) is 41.5 Å². The summed E-state index contributed by atoms with van der Waals surface area (Å²) in [4.78, 5) is 22.1. The molecule has 5 nitrogen and oxygen atoms in total. The predicted octanol–water partition coefficient (Wildman–Crippen LogP) is 5.46. The molecule has 0 unspecified atom stereocenters. The average molecular weight is 398 g/mol. The molecule has 0 saturated heterocycles. The van der Waals surface area contributed by atoms with Crippen molar-refractivity contribution in [3.05, 3.63) is 35.2 Å². The van der Waals surface area contributed by atoms with Gasteiger partial charge in [-0.3, -0.25) is 4.79 Å². The second-order valence-corrected chi connectivity index (χ2v) is 8.08. The molecular weight excluding hydrogens is 362 g/mol. The number of nitrogens with one attached hydrogen (secondary N) is 1. The van der Waals surface area contributed by atoms with Crippen molar-refractivity contribution in [3.8, 4) is 17.0 Å². The van der Waals surface area contributed by atoms with Crippen molar-refractivity contribution in [3.63, 3.8) is 0 Å². The van der Waals surface area contributed by atoms with Crippen LogP contribution in [-0.2, 0) is 24.1 Å². The van der Waals surface area contributed by atoms with Crippen LogP contribution < -0.4 is 10.1 Å². The third-order valence-corrected chi connectivity index (χ3v) is 4.69. The van der Waals surface area contributed by atoms with Gasteiger partial charge < -0.3 is 10.1 Å². The Morgan fingerprint density at radius 3 is 2.45 bits per heavy atom. The number of aryl methyl sites for hydroxylation is 2. The molecule has 1 aliphatic rings. The van der Waals surface area contributed by atoms with Gasteiger partial charge in [-0.15, -0.1) is 0 Å². The second kappa shape index (κ2) is 10.4. The van der Waals surface area contributed by atoms with E-state index in [1.54, 1.807) is 7.11 Å². The largest absolute Gasteiger partial charge is 0.497 e. The Hall–Kier alpha value is -2.43. The van der Waals surface area contributed by atoms with Crippen LogP contribution in [0, 0.1) is 11.8 Å². The first-order chi connectivity index (χ1) is 13.9. The molecule has 29 heavy (non-hydrogen) atoms. The number of fused-ring (bicyclic) bond motifs is 3. The van der Waals surface area contributed by atoms with Crippen molar-refractivity contribution in [1.29, 1.82) is 0 Å². The van der Waals surface area contributed by atoms with Crippen LogP contribution in [0.25, 0.3) is 11.3 Å². The van der Waals surface area contributed by atoms with Crippen LogP contribution in [0.5, 0.6) is 5.75 Å². The van der Waals surface area contributed by atoms with Gasteiger partial charge in [0.1, 0.15) is 5.75 Å². The molecule has 2 aromatic rings. The Morgan fingerprint density at radius 2 is 1.83 bits per heavy atom. The van der Waals surface area contributed by atoms with Crippen molar-refractivity contribution in [2.75, 3.05) is 12.4 Å². The van der Waals surface area contributed by atoms with Crippen LogP contribution in [0.3, 0.4) is 0 Å². The van der Waals surface area contributed by atoms with Crippen LogP contribution in [0.4, 0.5) is 5.82 Å². The number of ether oxygens (including phenoxy) is 1. The zero-order valence-electron chi connectivity index (χ0n) is 18.9. The predicted molar refractivity (Wildman–Crippen MR) is 119 cm³/mol. The van der Waals surface area contributed by atoms with Gasteiger partial charge in [-0.2, -0.15) is 0 Å². The highest BCUT2D eigenvalue weighted by molar-refractivity contribution is 5.90. The minimum absolute atomic E-state index is 0.00482. The Kier molecular flexibility index (Phi) is 8.18. The molecule has 0 atom stereocenters. The number of methoxy groups -OCH3 is 1. The summed E-state index contributed by atoms with van der Waals surface area (Å²) in [5.41, 5.74) is 5.12. The second-order valence-electron chi connectivity index (χ2n) is 8.08. The van der Waals surface area contributed by atoms with Gasteiger partial charge in [0.15, 0.2) is 5.82 Å². The number of nitrogens with zero attached hydrogens (tertiary/aromatic N) is 2. The van der Waals surface area contributed by atoms with Crippen molar-refractivity contribution in [1.82, 2.24) is 9.97 Å². The first-order valence-corrected chi connectivity index (χ1v) is 10.7. The highest BCUT2D eigenvalue weighted by Crippen LogP contribution is 2.35. The lowest BCUT2D eigenvalue weighted by molar-refractivity contribution is -0.116. The topological polar surface area (TPSA) is 64.1 Å². The molecule has 1 aromatic heterocycles. The van der Waals surface area contributed by atoms with Gasteiger partial charge in [0, 0.05) is 12.0 Å². The summed E-state index contributed by atoms with van der Waals surface area (Å²) >= 11 is 0. The lowest BCUT2D eigenvalue weighted by atomic mass is 9.91. The number of amides is 1. The molecule has 5 heteroatoms. The molecule has 0 aliphatic heterocycles. The maximum atomic E-state index is 12.3. The number of benzene rings is 1. The number of aromatic nitrogens is 2. The smallest absolute Gasteiger partial charge is 0.225 e. The van der Waals surface area contributed by atoms with E-state index in [0.717, 1.165) is 47.7 Å². The quantitative estimate of drug-likeness (QED) is 0.703. The van der Waals surface area contributed by atoms with Crippen molar-refractivity contribution in [2.45, 2.75) is 67.2 Å². The Morgan fingerprint density at radius 1 is 1.10 bits per heavy atom. The van der Waals surface area contributed by atoms with E-state index in [-0.39, 0.29) is 5.91 Å². The van der Waals surface area contributed by atoms with E-state index < -0.39 is 0 Å². The first-order valence-electron chi connectivity index (χ1n) is 10.7. The van der Waals surface area contributed by atoms with E-state index in [1.807, 2.05) is 33.8 Å². The van der Waals surface area contributed by atoms with Gasteiger partial charge in [-0.05, 0) is 54.9 Å². The fraction of sp³-hybridized carbons (Fsp3) is 0.542. The molecule has 0 fully saturated rings. The van der Waals surface area contributed by atoms with E-state index in [4.69, 9.17) is 14.7 Å². The van der Waals surface area contributed by atoms with Gasteiger partial charge in [0.25, 0.3) is 0 Å². The molecule has 158 valence electrons. The summed E-state index contributed by atoms with van der Waals surface area (Å²) < 4.78 is 5.36. The number of rotatable bonds is 6. The summed E-state index contributed by atoms with van der Waals surface area (Å²) in [7, 11) is 1.69. The van der Waals surface area contributed by atoms with Gasteiger partial charge >= 0.3 is 0 Å². The molecule has 0 spiro atoms. The molecule has 1 N–H and O–H groups in total. The number of anilines is 1. The highest BCUT2D eigenvalue weighted by Gasteiger charge is 2.23. The zero-order chi connectivity index (χ0) is 21.6. The fourth-order valence-electron chi connectivity index (χ4n) is 3.47. The summed E-state index contributed by atoms with van der Waals surface area (Å²) in [5.74, 6) is 2.24. The Bertz CT molecular complexity index is 844. The number of carbonyl (C=O) groups excluding carboxylic acids is 1. The van der Waals surface area contributed by atoms with E-state index in [0.29, 0.717) is 24.1 Å². The molecule has 0 saturated carbocycles. The number of hydrogen-bond donors (Lipinski definition) is 1. The van der Waals surface area contributed by atoms with Crippen LogP contribution in [0.2, 0.25) is 0 Å². The van der Waals surface area contributed by atoms with E-state index in [2.05, 4.69) is 31.3 Å². The molecule has 3 rings (SSSR count). The third kappa shape index (κ3) is 5.78. The zero-order valence-corrected chi connectivity index (χ0v) is 18.9. The van der Waals surface area contributed by atoms with E-state index in [1.165, 1.54) is 5.56 Å². The molecule has 0 bridgehead atoms. The monoisotopic (exact) mass is 397 g/mol. The Labute approximate surface area is 175 Å². The lowest BCUT2D eigenvalue weighted by Gasteiger charge is -2.22. The van der Waals surface area contributed by atoms with Crippen LogP contribution in [0.1, 0.15) is 64.9 Å². The standard InChI is InChI=1S/C22H29N3O2.C2H6/c1-13(2)10-19-22(25-20(26)11-14(3)4)24-18-9-6-15-12-16(27-5)7-8-17(15)21(18)23-19;1-2/h7-8,12-14H,6,9-11H2,1-5H3,(H,24,25,26);1-2H3. The highest BCUT2D eigenvalue weighted by atomic mass is 16.5. The van der Waals surface area contributed by atoms with Crippen LogP contribution in [-0.4, -0.2) is 23.0 Å². The molecule has 1 aromatic carbocycles. The number of hydrogen-bond acceptors (Lipinski definition) is 4. The molecular formula is C24H35N3O2. The molecule has 1 amide bonds. The molecule has 1 aliphatic carbocycles. The van der Waals surface area contributed by atoms with Crippen LogP contribution in [0.15, 0.2) is 18.2 Å². The third-order valence-electron chi connectivity index (χ3n) is 4.69. The maximum absolute atomic E-state index is 12.3. The molecule has 0 radical (unpaired) electrons. The summed E-state index contributed by atoms with van der Waals surface area (Å²) in [6, 6.07) is 6.12. The summed E-state index contributed by atoms with van der Waals surface area (Å²) in [6.45, 7) is 12.4. The maximum Gasteiger partial charge on any atom is 0.225 e. The van der Waals surface area contributed by atoms with Crippen LogP contribution >= 0.6 is 0 Å². The normalized spacial score (nSPS) is 12.0. The minimum atomic E-state index is 0.00482. The van der Waals surface area contributed by atoms with Gasteiger partial charge in [0.2, 0.25) is 5.91 Å². The first kappa shape index (κ1) is 22.9. The minimum Gasteiger partial charge on any atom is -0.497 e. The summed E-state index contributed by atoms with van der Waals surface area (Å²) in [5, 5.41) is 3.01. The SMILES string of the molecule is CC.COc1ccc2c(c1)CCc1nc(NC(=O)CC(C)C)c(CC(C)C)nc1-2. The van der Waals surface area contributed by atoms with E-state index in [9.17, 15) is 4.79 Å². The van der Waals surface area contributed by atoms with Crippen molar-refractivity contribution >= 4 is 11.7 Å². The average Bonchev–Trinajstić information content (AvgIpc) is 2.68. The van der Waals surface area contributed by atoms with Gasteiger partial charge in [0.05, 0.1) is 24.2 Å². The summed E-state index contributed by atoms with van der Waals surface area (Å²) in [6.07, 6.45) is 2.99.